The quantitative estimate of drug-likeness (QED) is 0.771. The van der Waals surface area contributed by atoms with Crippen molar-refractivity contribution in [1.29, 1.82) is 0 Å². The minimum absolute atomic E-state index is 0.141. The molecule has 2 rings (SSSR count). The third-order valence-corrected chi connectivity index (χ3v) is 4.46. The van der Waals surface area contributed by atoms with E-state index in [4.69, 9.17) is 21.1 Å². The number of halogens is 1. The topological polar surface area (TPSA) is 84.9 Å². The molecule has 1 unspecified atom stereocenters. The molecule has 0 radical (unpaired) electrons. The van der Waals surface area contributed by atoms with Crippen LogP contribution in [0.25, 0.3) is 0 Å². The summed E-state index contributed by atoms with van der Waals surface area (Å²) in [6.45, 7) is 1.69. The Labute approximate surface area is 156 Å². The summed E-state index contributed by atoms with van der Waals surface area (Å²) in [6, 6.07) is 11.2. The molecule has 0 aliphatic rings. The summed E-state index contributed by atoms with van der Waals surface area (Å²) in [5.74, 6) is -1.14. The summed E-state index contributed by atoms with van der Waals surface area (Å²) in [5, 5.41) is 13.0. The Balaban J connectivity index is 2.49. The lowest BCUT2D eigenvalue weighted by atomic mass is 9.86. The first-order valence-corrected chi connectivity index (χ1v) is 8.30. The summed E-state index contributed by atoms with van der Waals surface area (Å²) in [5.41, 5.74) is -0.998. The Hall–Kier alpha value is -2.73. The first kappa shape index (κ1) is 19.6. The molecule has 0 aliphatic heterocycles. The molecule has 1 amide bonds. The highest BCUT2D eigenvalue weighted by atomic mass is 35.5. The lowest BCUT2D eigenvalue weighted by Crippen LogP contribution is -2.51. The van der Waals surface area contributed by atoms with E-state index in [0.29, 0.717) is 16.3 Å². The predicted octanol–water partition coefficient (Wildman–Crippen LogP) is 3.48. The fourth-order valence-electron chi connectivity index (χ4n) is 2.75. The predicted molar refractivity (Wildman–Crippen MR) is 98.1 cm³/mol. The molecule has 2 aromatic carbocycles. The Morgan fingerprint density at radius 3 is 2.27 bits per heavy atom. The molecule has 0 spiro atoms. The van der Waals surface area contributed by atoms with Gasteiger partial charge in [-0.3, -0.25) is 4.79 Å². The molecular weight excluding hydrogens is 358 g/mol. The summed E-state index contributed by atoms with van der Waals surface area (Å²) >= 11 is 5.89. The van der Waals surface area contributed by atoms with Gasteiger partial charge in [0.2, 0.25) is 0 Å². The highest BCUT2D eigenvalue weighted by Gasteiger charge is 2.41. The molecule has 6 nitrogen and oxygen atoms in total. The second kappa shape index (κ2) is 8.10. The highest BCUT2D eigenvalue weighted by Crippen LogP contribution is 2.33. The molecule has 26 heavy (non-hydrogen) atoms. The smallest absolute Gasteiger partial charge is 0.334 e. The van der Waals surface area contributed by atoms with Gasteiger partial charge in [-0.05, 0) is 36.2 Å². The monoisotopic (exact) mass is 377 g/mol. The van der Waals surface area contributed by atoms with Gasteiger partial charge in [0.1, 0.15) is 0 Å². The molecule has 0 bridgehead atoms. The molecule has 1 atom stereocenters. The van der Waals surface area contributed by atoms with Crippen LogP contribution in [0.15, 0.2) is 42.5 Å². The molecule has 0 heterocycles. The number of carboxylic acid groups (broad SMARTS) is 1. The van der Waals surface area contributed by atoms with Crippen LogP contribution in [0.3, 0.4) is 0 Å². The number of para-hydroxylation sites is 1. The molecular formula is C19H20ClNO5. The second-order valence-corrected chi connectivity index (χ2v) is 6.00. The zero-order valence-corrected chi connectivity index (χ0v) is 15.5. The third kappa shape index (κ3) is 3.60. The lowest BCUT2D eigenvalue weighted by molar-refractivity contribution is -0.145. The van der Waals surface area contributed by atoms with Crippen LogP contribution >= 0.6 is 11.6 Å². The van der Waals surface area contributed by atoms with Gasteiger partial charge in [0.15, 0.2) is 17.0 Å². The largest absolute Gasteiger partial charge is 0.493 e. The summed E-state index contributed by atoms with van der Waals surface area (Å²) in [7, 11) is 2.87. The number of benzene rings is 2. The summed E-state index contributed by atoms with van der Waals surface area (Å²) in [4.78, 5) is 25.0. The van der Waals surface area contributed by atoms with Crippen molar-refractivity contribution in [1.82, 2.24) is 5.32 Å². The molecule has 0 saturated carbocycles. The number of carbonyl (C=O) groups is 2. The van der Waals surface area contributed by atoms with Crippen LogP contribution in [-0.4, -0.2) is 31.2 Å². The van der Waals surface area contributed by atoms with Crippen LogP contribution < -0.4 is 14.8 Å². The van der Waals surface area contributed by atoms with Crippen LogP contribution in [0.5, 0.6) is 11.5 Å². The van der Waals surface area contributed by atoms with Crippen molar-refractivity contribution in [2.45, 2.75) is 18.9 Å². The van der Waals surface area contributed by atoms with Crippen molar-refractivity contribution in [3.05, 3.63) is 58.6 Å². The number of aliphatic carboxylic acids is 1. The van der Waals surface area contributed by atoms with Gasteiger partial charge < -0.3 is 19.9 Å². The SMILES string of the molecule is CCC(NC(=O)c1cccc(OC)c1OC)(C(=O)O)c1ccc(Cl)cc1. The third-order valence-electron chi connectivity index (χ3n) is 4.21. The Morgan fingerprint density at radius 2 is 1.77 bits per heavy atom. The van der Waals surface area contributed by atoms with Crippen LogP contribution in [0.1, 0.15) is 29.3 Å². The average molecular weight is 378 g/mol. The number of amides is 1. The number of rotatable bonds is 7. The van der Waals surface area contributed by atoms with E-state index in [0.717, 1.165) is 0 Å². The minimum Gasteiger partial charge on any atom is -0.493 e. The number of carbonyl (C=O) groups excluding carboxylic acids is 1. The van der Waals surface area contributed by atoms with Crippen LogP contribution in [0.4, 0.5) is 0 Å². The first-order chi connectivity index (χ1) is 12.4. The maximum absolute atomic E-state index is 12.9. The zero-order valence-electron chi connectivity index (χ0n) is 14.7. The van der Waals surface area contributed by atoms with Crippen molar-refractivity contribution in [2.75, 3.05) is 14.2 Å². The van der Waals surface area contributed by atoms with Gasteiger partial charge in [-0.2, -0.15) is 0 Å². The fraction of sp³-hybridized carbons (Fsp3) is 0.263. The van der Waals surface area contributed by atoms with Crippen molar-refractivity contribution in [2.24, 2.45) is 0 Å². The van der Waals surface area contributed by atoms with E-state index in [-0.39, 0.29) is 17.7 Å². The highest BCUT2D eigenvalue weighted by molar-refractivity contribution is 6.30. The van der Waals surface area contributed by atoms with Crippen LogP contribution in [0, 0.1) is 0 Å². The summed E-state index contributed by atoms with van der Waals surface area (Å²) in [6.07, 6.45) is 0.141. The Bertz CT molecular complexity index is 806. The number of methoxy groups -OCH3 is 2. The van der Waals surface area contributed by atoms with E-state index in [1.54, 1.807) is 49.4 Å². The van der Waals surface area contributed by atoms with Crippen LogP contribution in [0.2, 0.25) is 5.02 Å². The van der Waals surface area contributed by atoms with E-state index in [1.165, 1.54) is 14.2 Å². The van der Waals surface area contributed by atoms with E-state index in [2.05, 4.69) is 5.32 Å². The van der Waals surface area contributed by atoms with E-state index in [1.807, 2.05) is 0 Å². The molecule has 0 saturated heterocycles. The normalized spacial score (nSPS) is 12.8. The number of nitrogens with one attached hydrogen (secondary N) is 1. The molecule has 7 heteroatoms. The van der Waals surface area contributed by atoms with Crippen LogP contribution in [-0.2, 0) is 10.3 Å². The van der Waals surface area contributed by atoms with Crippen molar-refractivity contribution < 1.29 is 24.2 Å². The molecule has 2 N–H and O–H groups in total. The molecule has 2 aromatic rings. The standard InChI is InChI=1S/C19H20ClNO5/c1-4-19(18(23)24,12-8-10-13(20)11-9-12)21-17(22)14-6-5-7-15(25-2)16(14)26-3/h5-11H,4H2,1-3H3,(H,21,22)(H,23,24). The van der Waals surface area contributed by atoms with Gasteiger partial charge in [0, 0.05) is 5.02 Å². The van der Waals surface area contributed by atoms with E-state index >= 15 is 0 Å². The van der Waals surface area contributed by atoms with Gasteiger partial charge in [-0.25, -0.2) is 4.79 Å². The average Bonchev–Trinajstić information content (AvgIpc) is 2.65. The Kier molecular flexibility index (Phi) is 6.10. The maximum Gasteiger partial charge on any atom is 0.334 e. The second-order valence-electron chi connectivity index (χ2n) is 5.57. The van der Waals surface area contributed by atoms with Gasteiger partial charge in [-0.1, -0.05) is 36.7 Å². The number of ether oxygens (including phenoxy) is 2. The Morgan fingerprint density at radius 1 is 1.12 bits per heavy atom. The molecule has 0 aliphatic carbocycles. The van der Waals surface area contributed by atoms with Crippen molar-refractivity contribution >= 4 is 23.5 Å². The van der Waals surface area contributed by atoms with E-state index in [9.17, 15) is 14.7 Å². The number of carboxylic acids is 1. The van der Waals surface area contributed by atoms with Gasteiger partial charge in [0.05, 0.1) is 19.8 Å². The molecule has 0 fully saturated rings. The maximum atomic E-state index is 12.9. The zero-order chi connectivity index (χ0) is 19.3. The van der Waals surface area contributed by atoms with E-state index < -0.39 is 17.4 Å². The number of hydrogen-bond acceptors (Lipinski definition) is 4. The van der Waals surface area contributed by atoms with Crippen molar-refractivity contribution in [3.8, 4) is 11.5 Å². The lowest BCUT2D eigenvalue weighted by Gasteiger charge is -2.30. The minimum atomic E-state index is -1.60. The summed E-state index contributed by atoms with van der Waals surface area (Å²) < 4.78 is 10.5. The first-order valence-electron chi connectivity index (χ1n) is 7.92. The molecule has 138 valence electrons. The van der Waals surface area contributed by atoms with Gasteiger partial charge >= 0.3 is 5.97 Å². The molecule has 0 aromatic heterocycles. The fourth-order valence-corrected chi connectivity index (χ4v) is 2.88. The van der Waals surface area contributed by atoms with Gasteiger partial charge in [-0.15, -0.1) is 0 Å². The number of hydrogen-bond donors (Lipinski definition) is 2. The van der Waals surface area contributed by atoms with Crippen molar-refractivity contribution in [3.63, 3.8) is 0 Å². The van der Waals surface area contributed by atoms with Gasteiger partial charge in [0.25, 0.3) is 5.91 Å².